The minimum atomic E-state index is -3.93. The minimum absolute atomic E-state index is 0.102. The Hall–Kier alpha value is -0.720. The Bertz CT molecular complexity index is 690. The van der Waals surface area contributed by atoms with Crippen LogP contribution in [-0.2, 0) is 27.9 Å². The maximum Gasteiger partial charge on any atom is 0.336 e. The highest BCUT2D eigenvalue weighted by atomic mass is 32.2. The van der Waals surface area contributed by atoms with Crippen LogP contribution in [0.5, 0.6) is 0 Å². The zero-order valence-electron chi connectivity index (χ0n) is 15.0. The summed E-state index contributed by atoms with van der Waals surface area (Å²) >= 11 is 0. The minimum Gasteiger partial charge on any atom is -0.309 e. The van der Waals surface area contributed by atoms with Gasteiger partial charge in [-0.25, -0.2) is 0 Å². The van der Waals surface area contributed by atoms with E-state index >= 15 is 0 Å². The smallest absolute Gasteiger partial charge is 0.309 e. The van der Waals surface area contributed by atoms with Crippen molar-refractivity contribution in [2.24, 2.45) is 0 Å². The molecule has 0 saturated heterocycles. The summed E-state index contributed by atoms with van der Waals surface area (Å²) in [6, 6.07) is 6.49. The van der Waals surface area contributed by atoms with E-state index in [0.29, 0.717) is 12.8 Å². The van der Waals surface area contributed by atoms with Crippen molar-refractivity contribution in [2.45, 2.75) is 63.1 Å². The van der Waals surface area contributed by atoms with Crippen LogP contribution in [0.2, 0.25) is 0 Å². The summed E-state index contributed by atoms with van der Waals surface area (Å²) in [6.45, 7) is 5.85. The van der Waals surface area contributed by atoms with Gasteiger partial charge >= 0.3 is 7.60 Å². The first-order valence-corrected chi connectivity index (χ1v) is 11.7. The van der Waals surface area contributed by atoms with Crippen LogP contribution in [0.1, 0.15) is 45.1 Å². The van der Waals surface area contributed by atoms with Crippen LogP contribution in [0.4, 0.5) is 0 Å². The fourth-order valence-corrected chi connectivity index (χ4v) is 6.58. The average Bonchev–Trinajstić information content (AvgIpc) is 2.56. The molecule has 142 valence electrons. The lowest BCUT2D eigenvalue weighted by Crippen LogP contribution is -2.35. The predicted octanol–water partition coefficient (Wildman–Crippen LogP) is 4.28. The van der Waals surface area contributed by atoms with Crippen molar-refractivity contribution in [3.8, 4) is 0 Å². The third-order valence-corrected chi connectivity index (χ3v) is 8.24. The van der Waals surface area contributed by atoms with E-state index in [2.05, 4.69) is 0 Å². The predicted molar refractivity (Wildman–Crippen MR) is 96.4 cm³/mol. The van der Waals surface area contributed by atoms with Gasteiger partial charge in [-0.15, -0.1) is 0 Å². The molecule has 0 N–H and O–H groups in total. The molecule has 1 fully saturated rings. The van der Waals surface area contributed by atoms with Gasteiger partial charge in [-0.05, 0) is 45.7 Å². The van der Waals surface area contributed by atoms with E-state index in [9.17, 15) is 13.0 Å². The molecule has 0 aromatic heterocycles. The molecule has 1 aromatic carbocycles. The SMILES string of the molecule is CCOP(=O)(OCC)[C@H]1CCCC[C@@H]1OS(=O)(=O)c1ccc(C)cc1. The summed E-state index contributed by atoms with van der Waals surface area (Å²) in [7, 11) is -7.36. The zero-order chi connectivity index (χ0) is 18.5. The van der Waals surface area contributed by atoms with Crippen LogP contribution in [-0.4, -0.2) is 33.4 Å². The zero-order valence-corrected chi connectivity index (χ0v) is 16.7. The second-order valence-electron chi connectivity index (χ2n) is 6.13. The van der Waals surface area contributed by atoms with E-state index in [0.717, 1.165) is 18.4 Å². The Morgan fingerprint density at radius 1 is 1.04 bits per heavy atom. The van der Waals surface area contributed by atoms with E-state index < -0.39 is 29.5 Å². The monoisotopic (exact) mass is 390 g/mol. The lowest BCUT2D eigenvalue weighted by molar-refractivity contribution is 0.133. The van der Waals surface area contributed by atoms with Crippen molar-refractivity contribution in [3.05, 3.63) is 29.8 Å². The highest BCUT2D eigenvalue weighted by Crippen LogP contribution is 2.58. The van der Waals surface area contributed by atoms with Crippen LogP contribution in [0.3, 0.4) is 0 Å². The van der Waals surface area contributed by atoms with Gasteiger partial charge in [-0.3, -0.25) is 8.75 Å². The number of rotatable bonds is 8. The van der Waals surface area contributed by atoms with E-state index in [1.54, 1.807) is 26.0 Å². The van der Waals surface area contributed by atoms with Gasteiger partial charge < -0.3 is 9.05 Å². The second kappa shape index (κ2) is 8.78. The molecule has 1 aliphatic rings. The Balaban J connectivity index is 2.25. The summed E-state index contributed by atoms with van der Waals surface area (Å²) in [5.74, 6) is 0. The topological polar surface area (TPSA) is 78.9 Å². The van der Waals surface area contributed by atoms with Gasteiger partial charge in [0.2, 0.25) is 0 Å². The molecule has 0 radical (unpaired) electrons. The molecule has 0 amide bonds. The van der Waals surface area contributed by atoms with Crippen LogP contribution >= 0.6 is 7.60 Å². The van der Waals surface area contributed by atoms with Gasteiger partial charge in [0.15, 0.2) is 0 Å². The van der Waals surface area contributed by atoms with Crippen LogP contribution < -0.4 is 0 Å². The number of hydrogen-bond donors (Lipinski definition) is 0. The standard InChI is InChI=1S/C17H27O6PS/c1-4-21-24(18,22-5-2)17-9-7-6-8-16(17)23-25(19,20)15-12-10-14(3)11-13-15/h10-13,16-17H,4-9H2,1-3H3/t16-,17-/m0/s1. The highest BCUT2D eigenvalue weighted by Gasteiger charge is 2.44. The van der Waals surface area contributed by atoms with Crippen molar-refractivity contribution in [2.75, 3.05) is 13.2 Å². The molecule has 2 atom stereocenters. The molecule has 2 rings (SSSR count). The van der Waals surface area contributed by atoms with Gasteiger partial charge in [-0.2, -0.15) is 8.42 Å². The lowest BCUT2D eigenvalue weighted by Gasteiger charge is -2.34. The van der Waals surface area contributed by atoms with E-state index in [4.69, 9.17) is 13.2 Å². The molecule has 0 bridgehead atoms. The molecular weight excluding hydrogens is 363 g/mol. The lowest BCUT2D eigenvalue weighted by atomic mass is 9.97. The first kappa shape index (κ1) is 20.6. The molecule has 0 unspecified atom stereocenters. The fraction of sp³-hybridized carbons (Fsp3) is 0.647. The van der Waals surface area contributed by atoms with Gasteiger partial charge in [0.25, 0.3) is 10.1 Å². The van der Waals surface area contributed by atoms with E-state index in [1.807, 2.05) is 6.92 Å². The van der Waals surface area contributed by atoms with E-state index in [1.165, 1.54) is 12.1 Å². The third-order valence-electron chi connectivity index (χ3n) is 4.25. The first-order valence-electron chi connectivity index (χ1n) is 8.71. The van der Waals surface area contributed by atoms with Gasteiger partial charge in [0.05, 0.1) is 29.9 Å². The normalized spacial score (nSPS) is 22.0. The fourth-order valence-electron chi connectivity index (χ4n) is 3.06. The summed E-state index contributed by atoms with van der Waals surface area (Å²) in [6.07, 6.45) is 2.04. The van der Waals surface area contributed by atoms with Crippen molar-refractivity contribution in [1.82, 2.24) is 0 Å². The number of aryl methyl sites for hydroxylation is 1. The Labute approximate surface area is 150 Å². The highest BCUT2D eigenvalue weighted by molar-refractivity contribution is 7.86. The molecule has 1 aromatic rings. The van der Waals surface area contributed by atoms with E-state index in [-0.39, 0.29) is 18.1 Å². The van der Waals surface area contributed by atoms with Crippen LogP contribution in [0.25, 0.3) is 0 Å². The van der Waals surface area contributed by atoms with Gasteiger partial charge in [-0.1, -0.05) is 30.5 Å². The molecule has 1 saturated carbocycles. The maximum absolute atomic E-state index is 13.1. The van der Waals surface area contributed by atoms with Crippen molar-refractivity contribution >= 4 is 17.7 Å². The van der Waals surface area contributed by atoms with Crippen molar-refractivity contribution in [1.29, 1.82) is 0 Å². The summed E-state index contributed by atoms with van der Waals surface area (Å²) in [5.41, 5.74) is 0.396. The van der Waals surface area contributed by atoms with Crippen molar-refractivity contribution < 1.29 is 26.2 Å². The Kier molecular flexibility index (Phi) is 7.23. The molecule has 25 heavy (non-hydrogen) atoms. The third kappa shape index (κ3) is 5.14. The Morgan fingerprint density at radius 2 is 1.60 bits per heavy atom. The number of benzene rings is 1. The van der Waals surface area contributed by atoms with Crippen LogP contribution in [0, 0.1) is 6.92 Å². The molecule has 8 heteroatoms. The molecule has 0 aliphatic heterocycles. The number of hydrogen-bond acceptors (Lipinski definition) is 6. The largest absolute Gasteiger partial charge is 0.336 e. The quantitative estimate of drug-likeness (QED) is 0.487. The van der Waals surface area contributed by atoms with Gasteiger partial charge in [0, 0.05) is 0 Å². The van der Waals surface area contributed by atoms with Crippen LogP contribution in [0.15, 0.2) is 29.2 Å². The summed E-state index contributed by atoms with van der Waals surface area (Å²) in [5, 5.41) is 0. The van der Waals surface area contributed by atoms with Gasteiger partial charge in [0.1, 0.15) is 0 Å². The summed E-state index contributed by atoms with van der Waals surface area (Å²) < 4.78 is 54.7. The second-order valence-corrected chi connectivity index (χ2v) is 9.96. The molecule has 0 heterocycles. The molecular formula is C17H27O6PS. The maximum atomic E-state index is 13.1. The Morgan fingerprint density at radius 3 is 2.16 bits per heavy atom. The molecule has 1 aliphatic carbocycles. The van der Waals surface area contributed by atoms with Crippen molar-refractivity contribution in [3.63, 3.8) is 0 Å². The molecule has 0 spiro atoms. The molecule has 6 nitrogen and oxygen atoms in total. The first-order chi connectivity index (χ1) is 11.8. The average molecular weight is 390 g/mol. The summed E-state index contributed by atoms with van der Waals surface area (Å²) in [4.78, 5) is 0.102.